The number of nitrogens with two attached hydrogens (primary N) is 1. The fourth-order valence-electron chi connectivity index (χ4n) is 2.10. The smallest absolute Gasteiger partial charge is 0.222 e. The van der Waals surface area contributed by atoms with E-state index >= 15 is 0 Å². The first-order valence-corrected chi connectivity index (χ1v) is 6.25. The van der Waals surface area contributed by atoms with Crippen molar-refractivity contribution in [3.05, 3.63) is 0 Å². The van der Waals surface area contributed by atoms with E-state index in [1.54, 1.807) is 0 Å². The summed E-state index contributed by atoms with van der Waals surface area (Å²) in [4.78, 5) is 13.8. The zero-order valence-corrected chi connectivity index (χ0v) is 9.87. The van der Waals surface area contributed by atoms with Gasteiger partial charge in [0.1, 0.15) is 0 Å². The Bertz CT molecular complexity index is 186. The molecular formula is C12H24N2O. The summed E-state index contributed by atoms with van der Waals surface area (Å²) in [6.07, 6.45) is 6.33. The quantitative estimate of drug-likeness (QED) is 0.706. The van der Waals surface area contributed by atoms with Gasteiger partial charge in [-0.15, -0.1) is 0 Å². The number of amides is 1. The van der Waals surface area contributed by atoms with Crippen molar-refractivity contribution in [3.63, 3.8) is 0 Å². The maximum atomic E-state index is 11.8. The highest BCUT2D eigenvalue weighted by atomic mass is 16.2. The van der Waals surface area contributed by atoms with Crippen LogP contribution in [0, 0.1) is 5.92 Å². The van der Waals surface area contributed by atoms with Crippen molar-refractivity contribution in [2.24, 2.45) is 11.7 Å². The summed E-state index contributed by atoms with van der Waals surface area (Å²) in [5.74, 6) is 0.989. The van der Waals surface area contributed by atoms with Crippen LogP contribution in [0.2, 0.25) is 0 Å². The molecule has 15 heavy (non-hydrogen) atoms. The highest BCUT2D eigenvalue weighted by molar-refractivity contribution is 5.76. The largest absolute Gasteiger partial charge is 0.343 e. The lowest BCUT2D eigenvalue weighted by Gasteiger charge is -2.31. The number of likely N-dealkylation sites (tertiary alicyclic amines) is 1. The number of hydrogen-bond donors (Lipinski definition) is 1. The van der Waals surface area contributed by atoms with E-state index in [-0.39, 0.29) is 0 Å². The second-order valence-corrected chi connectivity index (χ2v) is 4.52. The van der Waals surface area contributed by atoms with Crippen LogP contribution in [0.1, 0.15) is 45.4 Å². The molecule has 88 valence electrons. The molecule has 0 unspecified atom stereocenters. The van der Waals surface area contributed by atoms with E-state index in [1.165, 1.54) is 12.8 Å². The zero-order valence-electron chi connectivity index (χ0n) is 9.87. The third-order valence-electron chi connectivity index (χ3n) is 3.29. The van der Waals surface area contributed by atoms with Gasteiger partial charge < -0.3 is 10.6 Å². The Balaban J connectivity index is 2.18. The van der Waals surface area contributed by atoms with Gasteiger partial charge in [0.25, 0.3) is 0 Å². The highest BCUT2D eigenvalue weighted by Crippen LogP contribution is 2.17. The van der Waals surface area contributed by atoms with Crippen molar-refractivity contribution in [2.75, 3.05) is 19.6 Å². The molecule has 0 aliphatic carbocycles. The predicted molar refractivity (Wildman–Crippen MR) is 62.5 cm³/mol. The number of unbranched alkanes of at least 4 members (excludes halogenated alkanes) is 2. The zero-order chi connectivity index (χ0) is 11.1. The second-order valence-electron chi connectivity index (χ2n) is 4.52. The van der Waals surface area contributed by atoms with E-state index in [2.05, 4.69) is 6.92 Å². The van der Waals surface area contributed by atoms with Crippen molar-refractivity contribution >= 4 is 5.91 Å². The Morgan fingerprint density at radius 3 is 2.53 bits per heavy atom. The van der Waals surface area contributed by atoms with Gasteiger partial charge in [0.05, 0.1) is 0 Å². The highest BCUT2D eigenvalue weighted by Gasteiger charge is 2.21. The minimum absolute atomic E-state index is 0.346. The van der Waals surface area contributed by atoms with Crippen LogP contribution in [0.25, 0.3) is 0 Å². The molecule has 1 saturated heterocycles. The van der Waals surface area contributed by atoms with Gasteiger partial charge in [0, 0.05) is 19.5 Å². The molecule has 1 fully saturated rings. The summed E-state index contributed by atoms with van der Waals surface area (Å²) in [6, 6.07) is 0. The average molecular weight is 212 g/mol. The first kappa shape index (κ1) is 12.5. The fraction of sp³-hybridized carbons (Fsp3) is 0.917. The number of carbonyl (C=O) groups excluding carboxylic acids is 1. The molecule has 0 bridgehead atoms. The molecule has 0 aromatic carbocycles. The van der Waals surface area contributed by atoms with Gasteiger partial charge in [-0.05, 0) is 31.7 Å². The summed E-state index contributed by atoms with van der Waals surface area (Å²) < 4.78 is 0. The van der Waals surface area contributed by atoms with Crippen LogP contribution in [-0.2, 0) is 4.79 Å². The molecule has 0 aromatic rings. The molecule has 2 N–H and O–H groups in total. The first-order valence-electron chi connectivity index (χ1n) is 6.25. The summed E-state index contributed by atoms with van der Waals surface area (Å²) in [5.41, 5.74) is 5.62. The van der Waals surface area contributed by atoms with Gasteiger partial charge in [0.2, 0.25) is 5.91 Å². The van der Waals surface area contributed by atoms with Crippen molar-refractivity contribution in [1.82, 2.24) is 4.90 Å². The number of piperidine rings is 1. The van der Waals surface area contributed by atoms with Crippen LogP contribution >= 0.6 is 0 Å². The molecule has 1 aliphatic heterocycles. The molecule has 0 atom stereocenters. The molecular weight excluding hydrogens is 188 g/mol. The molecule has 0 saturated carbocycles. The Hall–Kier alpha value is -0.570. The molecule has 0 spiro atoms. The van der Waals surface area contributed by atoms with Gasteiger partial charge >= 0.3 is 0 Å². The Kier molecular flexibility index (Phi) is 5.69. The lowest BCUT2D eigenvalue weighted by atomic mass is 9.97. The number of nitrogens with zero attached hydrogens (tertiary/aromatic N) is 1. The maximum absolute atomic E-state index is 11.8. The number of rotatable bonds is 5. The Labute approximate surface area is 93.0 Å². The molecule has 3 heteroatoms. The third kappa shape index (κ3) is 4.20. The molecule has 0 radical (unpaired) electrons. The van der Waals surface area contributed by atoms with E-state index < -0.39 is 0 Å². The van der Waals surface area contributed by atoms with E-state index in [0.29, 0.717) is 11.8 Å². The van der Waals surface area contributed by atoms with Gasteiger partial charge in [0.15, 0.2) is 0 Å². The van der Waals surface area contributed by atoms with Crippen molar-refractivity contribution < 1.29 is 4.79 Å². The van der Waals surface area contributed by atoms with E-state index in [0.717, 1.165) is 45.3 Å². The van der Waals surface area contributed by atoms with E-state index in [4.69, 9.17) is 5.73 Å². The molecule has 1 heterocycles. The summed E-state index contributed by atoms with van der Waals surface area (Å²) in [5, 5.41) is 0. The van der Waals surface area contributed by atoms with Gasteiger partial charge in [-0.2, -0.15) is 0 Å². The molecule has 1 aliphatic rings. The molecule has 0 aromatic heterocycles. The predicted octanol–water partition coefficient (Wildman–Crippen LogP) is 1.76. The summed E-state index contributed by atoms with van der Waals surface area (Å²) >= 11 is 0. The first-order chi connectivity index (χ1) is 7.27. The summed E-state index contributed by atoms with van der Waals surface area (Å²) in [6.45, 7) is 4.79. The van der Waals surface area contributed by atoms with Crippen molar-refractivity contribution in [3.8, 4) is 0 Å². The van der Waals surface area contributed by atoms with Crippen LogP contribution in [0.3, 0.4) is 0 Å². The maximum Gasteiger partial charge on any atom is 0.222 e. The minimum Gasteiger partial charge on any atom is -0.343 e. The third-order valence-corrected chi connectivity index (χ3v) is 3.29. The van der Waals surface area contributed by atoms with Gasteiger partial charge in [-0.3, -0.25) is 4.79 Å². The van der Waals surface area contributed by atoms with E-state index in [1.807, 2.05) is 4.90 Å². The second kappa shape index (κ2) is 6.83. The van der Waals surface area contributed by atoms with Gasteiger partial charge in [-0.1, -0.05) is 19.8 Å². The Morgan fingerprint density at radius 2 is 2.00 bits per heavy atom. The normalized spacial score (nSPS) is 18.1. The topological polar surface area (TPSA) is 46.3 Å². The van der Waals surface area contributed by atoms with Crippen molar-refractivity contribution in [1.29, 1.82) is 0 Å². The lowest BCUT2D eigenvalue weighted by Crippen LogP contribution is -2.39. The fourth-order valence-corrected chi connectivity index (χ4v) is 2.10. The number of carbonyl (C=O) groups is 1. The standard InChI is InChI=1S/C12H24N2O/c1-2-3-4-5-12(15)14-8-6-11(10-13)7-9-14/h11H,2-10,13H2,1H3. The minimum atomic E-state index is 0.346. The van der Waals surface area contributed by atoms with Gasteiger partial charge in [-0.25, -0.2) is 0 Å². The average Bonchev–Trinajstić information content (AvgIpc) is 2.29. The molecule has 1 amide bonds. The van der Waals surface area contributed by atoms with Crippen LogP contribution in [-0.4, -0.2) is 30.4 Å². The van der Waals surface area contributed by atoms with Crippen LogP contribution in [0.4, 0.5) is 0 Å². The summed E-state index contributed by atoms with van der Waals surface area (Å²) in [7, 11) is 0. The molecule has 3 nitrogen and oxygen atoms in total. The monoisotopic (exact) mass is 212 g/mol. The SMILES string of the molecule is CCCCCC(=O)N1CCC(CN)CC1. The van der Waals surface area contributed by atoms with E-state index in [9.17, 15) is 4.79 Å². The van der Waals surface area contributed by atoms with Crippen LogP contribution in [0.5, 0.6) is 0 Å². The molecule has 1 rings (SSSR count). The van der Waals surface area contributed by atoms with Crippen molar-refractivity contribution in [2.45, 2.75) is 45.4 Å². The Morgan fingerprint density at radius 1 is 1.33 bits per heavy atom. The van der Waals surface area contributed by atoms with Crippen LogP contribution < -0.4 is 5.73 Å². The number of hydrogen-bond acceptors (Lipinski definition) is 2. The van der Waals surface area contributed by atoms with Crippen LogP contribution in [0.15, 0.2) is 0 Å². The lowest BCUT2D eigenvalue weighted by molar-refractivity contribution is -0.132.